The van der Waals surface area contributed by atoms with Crippen LogP contribution in [0.15, 0.2) is 24.0 Å². The molecule has 0 N–H and O–H groups in total. The third kappa shape index (κ3) is 1.45. The summed E-state index contributed by atoms with van der Waals surface area (Å²) in [6.07, 6.45) is 3.75. The molecule has 0 aromatic carbocycles. The van der Waals surface area contributed by atoms with Crippen molar-refractivity contribution < 1.29 is 0 Å². The van der Waals surface area contributed by atoms with Gasteiger partial charge < -0.3 is 9.80 Å². The number of nitrogens with zero attached hydrogens (tertiary/aromatic N) is 2. The van der Waals surface area contributed by atoms with Crippen LogP contribution in [-0.2, 0) is 0 Å². The van der Waals surface area contributed by atoms with Crippen molar-refractivity contribution in [1.82, 2.24) is 9.80 Å². The Kier molecular flexibility index (Phi) is 2.22. The molecule has 0 atom stereocenters. The fourth-order valence-corrected chi connectivity index (χ4v) is 1.23. The molecule has 56 valence electrons. The fraction of sp³-hybridized carbons (Fsp3) is 0.429. The molecule has 0 saturated carbocycles. The molecule has 2 nitrogen and oxygen atoms in total. The van der Waals surface area contributed by atoms with Gasteiger partial charge in [0.2, 0.25) is 0 Å². The quantitative estimate of drug-likeness (QED) is 0.443. The Hall–Kier alpha value is -0.630. The van der Waals surface area contributed by atoms with Crippen LogP contribution in [0.2, 0.25) is 0 Å². The number of hydrogen-bond acceptors (Lipinski definition) is 2. The van der Waals surface area contributed by atoms with Crippen molar-refractivity contribution in [3.05, 3.63) is 24.0 Å². The van der Waals surface area contributed by atoms with E-state index in [0.717, 1.165) is 18.4 Å². The molecular weight excluding hydrogens is 148 g/mol. The van der Waals surface area contributed by atoms with Gasteiger partial charge in [-0.15, -0.1) is 6.58 Å². The summed E-state index contributed by atoms with van der Waals surface area (Å²) in [5, 5.41) is 0.794. The maximum absolute atomic E-state index is 5.85. The van der Waals surface area contributed by atoms with Crippen LogP contribution in [0, 0.1) is 0 Å². The predicted molar refractivity (Wildman–Crippen MR) is 43.5 cm³/mol. The first-order chi connectivity index (χ1) is 4.74. The maximum atomic E-state index is 5.85. The SMILES string of the molecule is C=CCN1CN(C)C=C1Cl. The van der Waals surface area contributed by atoms with Gasteiger partial charge in [-0.05, 0) is 0 Å². The predicted octanol–water partition coefficient (Wildman–Crippen LogP) is 1.42. The Bertz CT molecular complexity index is 165. The standard InChI is InChI=1S/C7H11ClN2/c1-3-4-10-6-9(2)5-7(10)8/h3,5H,1,4,6H2,2H3. The van der Waals surface area contributed by atoms with Crippen LogP contribution in [0.1, 0.15) is 0 Å². The minimum atomic E-state index is 0.794. The Morgan fingerprint density at radius 2 is 2.60 bits per heavy atom. The Morgan fingerprint density at radius 3 is 3.00 bits per heavy atom. The molecule has 0 radical (unpaired) electrons. The summed E-state index contributed by atoms with van der Waals surface area (Å²) in [4.78, 5) is 4.07. The highest BCUT2D eigenvalue weighted by Gasteiger charge is 2.13. The van der Waals surface area contributed by atoms with Crippen molar-refractivity contribution in [2.45, 2.75) is 0 Å². The van der Waals surface area contributed by atoms with E-state index in [1.54, 1.807) is 0 Å². The zero-order valence-electron chi connectivity index (χ0n) is 6.05. The third-order valence-corrected chi connectivity index (χ3v) is 1.71. The Balaban J connectivity index is 2.50. The summed E-state index contributed by atoms with van der Waals surface area (Å²) in [5.41, 5.74) is 0. The fourth-order valence-electron chi connectivity index (χ4n) is 0.942. The summed E-state index contributed by atoms with van der Waals surface area (Å²) in [5.74, 6) is 0. The molecule has 1 rings (SSSR count). The van der Waals surface area contributed by atoms with Gasteiger partial charge in [-0.1, -0.05) is 17.7 Å². The average Bonchev–Trinajstić information content (AvgIpc) is 2.13. The molecule has 0 fully saturated rings. The molecule has 1 heterocycles. The second-order valence-corrected chi connectivity index (χ2v) is 2.75. The normalized spacial score (nSPS) is 17.6. The number of halogens is 1. The van der Waals surface area contributed by atoms with E-state index < -0.39 is 0 Å². The Labute approximate surface area is 66.4 Å². The first-order valence-corrected chi connectivity index (χ1v) is 3.55. The van der Waals surface area contributed by atoms with Crippen LogP contribution in [-0.4, -0.2) is 30.1 Å². The zero-order valence-corrected chi connectivity index (χ0v) is 6.80. The van der Waals surface area contributed by atoms with E-state index in [9.17, 15) is 0 Å². The molecule has 0 amide bonds. The van der Waals surface area contributed by atoms with E-state index in [-0.39, 0.29) is 0 Å². The van der Waals surface area contributed by atoms with Gasteiger partial charge in [0.15, 0.2) is 0 Å². The van der Waals surface area contributed by atoms with Gasteiger partial charge in [0.25, 0.3) is 0 Å². The number of rotatable bonds is 2. The second-order valence-electron chi connectivity index (χ2n) is 2.36. The molecule has 1 aliphatic heterocycles. The van der Waals surface area contributed by atoms with Crippen molar-refractivity contribution in [3.8, 4) is 0 Å². The zero-order chi connectivity index (χ0) is 7.56. The monoisotopic (exact) mass is 158 g/mol. The molecule has 1 aliphatic rings. The van der Waals surface area contributed by atoms with Gasteiger partial charge in [0.1, 0.15) is 5.16 Å². The van der Waals surface area contributed by atoms with E-state index in [1.165, 1.54) is 0 Å². The third-order valence-electron chi connectivity index (χ3n) is 1.37. The second kappa shape index (κ2) is 2.97. The molecule has 0 spiro atoms. The van der Waals surface area contributed by atoms with Gasteiger partial charge in [-0.2, -0.15) is 0 Å². The summed E-state index contributed by atoms with van der Waals surface area (Å²) >= 11 is 5.85. The highest BCUT2D eigenvalue weighted by molar-refractivity contribution is 6.29. The van der Waals surface area contributed by atoms with Crippen molar-refractivity contribution in [2.24, 2.45) is 0 Å². The van der Waals surface area contributed by atoms with Crippen molar-refractivity contribution in [3.63, 3.8) is 0 Å². The average molecular weight is 159 g/mol. The van der Waals surface area contributed by atoms with Gasteiger partial charge in [0, 0.05) is 19.8 Å². The lowest BCUT2D eigenvalue weighted by Gasteiger charge is -2.16. The number of hydrogen-bond donors (Lipinski definition) is 0. The molecule has 0 unspecified atom stereocenters. The topological polar surface area (TPSA) is 6.48 Å². The van der Waals surface area contributed by atoms with Crippen LogP contribution in [0.25, 0.3) is 0 Å². The lowest BCUT2D eigenvalue weighted by atomic mass is 10.6. The van der Waals surface area contributed by atoms with Crippen LogP contribution in [0.5, 0.6) is 0 Å². The summed E-state index contributed by atoms with van der Waals surface area (Å²) in [6.45, 7) is 5.32. The van der Waals surface area contributed by atoms with E-state index in [1.807, 2.05) is 29.1 Å². The van der Waals surface area contributed by atoms with Gasteiger partial charge in [-0.25, -0.2) is 0 Å². The highest BCUT2D eigenvalue weighted by Crippen LogP contribution is 2.16. The molecule has 0 bridgehead atoms. The molecule has 0 aliphatic carbocycles. The van der Waals surface area contributed by atoms with Crippen LogP contribution in [0.3, 0.4) is 0 Å². The molecule has 0 aromatic heterocycles. The lowest BCUT2D eigenvalue weighted by Crippen LogP contribution is -2.23. The largest absolute Gasteiger partial charge is 0.360 e. The summed E-state index contributed by atoms with van der Waals surface area (Å²) in [7, 11) is 1.99. The molecule has 0 saturated heterocycles. The lowest BCUT2D eigenvalue weighted by molar-refractivity contribution is 0.314. The smallest absolute Gasteiger partial charge is 0.122 e. The van der Waals surface area contributed by atoms with Gasteiger partial charge in [-0.3, -0.25) is 0 Å². The Morgan fingerprint density at radius 1 is 1.90 bits per heavy atom. The highest BCUT2D eigenvalue weighted by atomic mass is 35.5. The van der Waals surface area contributed by atoms with Crippen molar-refractivity contribution in [2.75, 3.05) is 20.3 Å². The molecular formula is C7H11ClN2. The molecule has 3 heteroatoms. The van der Waals surface area contributed by atoms with Crippen molar-refractivity contribution >= 4 is 11.6 Å². The van der Waals surface area contributed by atoms with E-state index in [0.29, 0.717) is 0 Å². The van der Waals surface area contributed by atoms with Gasteiger partial charge >= 0.3 is 0 Å². The first-order valence-electron chi connectivity index (χ1n) is 3.17. The van der Waals surface area contributed by atoms with E-state index in [2.05, 4.69) is 6.58 Å². The van der Waals surface area contributed by atoms with Crippen LogP contribution in [0.4, 0.5) is 0 Å². The van der Waals surface area contributed by atoms with Crippen LogP contribution < -0.4 is 0 Å². The van der Waals surface area contributed by atoms with Crippen molar-refractivity contribution in [1.29, 1.82) is 0 Å². The first kappa shape index (κ1) is 7.48. The van der Waals surface area contributed by atoms with E-state index in [4.69, 9.17) is 11.6 Å². The molecule has 10 heavy (non-hydrogen) atoms. The van der Waals surface area contributed by atoms with E-state index >= 15 is 0 Å². The van der Waals surface area contributed by atoms with Crippen LogP contribution >= 0.6 is 11.6 Å². The summed E-state index contributed by atoms with van der Waals surface area (Å²) < 4.78 is 0. The van der Waals surface area contributed by atoms with Gasteiger partial charge in [0.05, 0.1) is 6.67 Å². The maximum Gasteiger partial charge on any atom is 0.122 e. The molecule has 0 aromatic rings. The minimum Gasteiger partial charge on any atom is -0.360 e. The summed E-state index contributed by atoms with van der Waals surface area (Å²) in [6, 6.07) is 0. The minimum absolute atomic E-state index is 0.794.